The maximum Gasteiger partial charge on any atom is 0.286 e. The smallest absolute Gasteiger partial charge is 0.286 e. The lowest BCUT2D eigenvalue weighted by Crippen LogP contribution is -2.48. The van der Waals surface area contributed by atoms with E-state index in [2.05, 4.69) is 66.2 Å². The molecule has 6 aromatic rings. The number of carbonyl (C=O) groups is 2. The van der Waals surface area contributed by atoms with Gasteiger partial charge in [-0.25, -0.2) is 19.4 Å². The normalized spacial score (nSPS) is 14.7. The lowest BCUT2D eigenvalue weighted by molar-refractivity contribution is 0.0121. The van der Waals surface area contributed by atoms with Crippen LogP contribution < -0.4 is 10.9 Å². The molecule has 2 amide bonds. The summed E-state index contributed by atoms with van der Waals surface area (Å²) in [6, 6.07) is 26.6. The van der Waals surface area contributed by atoms with E-state index in [0.717, 1.165) is 40.8 Å². The molecule has 0 aliphatic carbocycles. The highest BCUT2D eigenvalue weighted by molar-refractivity contribution is 14.1. The van der Waals surface area contributed by atoms with E-state index in [0.29, 0.717) is 95.5 Å². The third-order valence-corrected chi connectivity index (χ3v) is 12.2. The Morgan fingerprint density at radius 3 is 1.25 bits per heavy atom. The average molecular weight is 1110 g/mol. The zero-order valence-electron chi connectivity index (χ0n) is 32.3. The monoisotopic (exact) mass is 1110 g/mol. The maximum absolute atomic E-state index is 13.0. The number of nitrogens with zero attached hydrogens (tertiary/aromatic N) is 6. The predicted octanol–water partition coefficient (Wildman–Crippen LogP) is 9.47. The lowest BCUT2D eigenvalue weighted by Gasteiger charge is -2.26. The minimum absolute atomic E-state index is 0.259. The average Bonchev–Trinajstić information content (AvgIpc) is 3.76. The van der Waals surface area contributed by atoms with Crippen LogP contribution in [0.25, 0.3) is 33.9 Å². The van der Waals surface area contributed by atoms with Crippen LogP contribution in [0.15, 0.2) is 84.9 Å². The predicted molar refractivity (Wildman–Crippen MR) is 253 cm³/mol. The van der Waals surface area contributed by atoms with Crippen molar-refractivity contribution in [2.24, 2.45) is 0 Å². The summed E-state index contributed by atoms with van der Waals surface area (Å²) in [6.45, 7) is 8.69. The van der Waals surface area contributed by atoms with Gasteiger partial charge in [-0.2, -0.15) is 10.2 Å². The summed E-state index contributed by atoms with van der Waals surface area (Å²) in [5.41, 5.74) is 12.9. The van der Waals surface area contributed by atoms with E-state index in [1.54, 1.807) is 45.8 Å². The van der Waals surface area contributed by atoms with E-state index in [9.17, 15) is 9.59 Å². The summed E-state index contributed by atoms with van der Waals surface area (Å²) < 4.78 is 16.4. The third-order valence-electron chi connectivity index (χ3n) is 9.73. The van der Waals surface area contributed by atoms with E-state index >= 15 is 0 Å². The van der Waals surface area contributed by atoms with Crippen LogP contribution in [-0.4, -0.2) is 94.0 Å². The number of benzene rings is 4. The van der Waals surface area contributed by atoms with Gasteiger partial charge in [-0.3, -0.25) is 20.4 Å². The van der Waals surface area contributed by atoms with Crippen LogP contribution in [0.4, 0.5) is 0 Å². The van der Waals surface area contributed by atoms with Crippen LogP contribution in [0.3, 0.4) is 0 Å². The largest absolute Gasteiger partial charge is 0.379 e. The fourth-order valence-electron chi connectivity index (χ4n) is 6.71. The number of amides is 2. The highest BCUT2D eigenvalue weighted by Crippen LogP contribution is 2.35. The fraction of sp³-hybridized carbons (Fsp3) is 0.238. The van der Waals surface area contributed by atoms with Crippen LogP contribution in [0.5, 0.6) is 0 Å². The number of carbonyl (C=O) groups excluding carboxylic acids is 2. The molecule has 8 rings (SSSR count). The SMILES string of the molecule is Cc1c(C(=O)NN2CCOCC2)nn(-c2ccc(Cl)cc2Cl)c1-c1ccc(I)cc1.Cc1c(C(=O)NN2CCOCC2)nn(-c2ccc(Cl)cc2Cl)c1-c1ccc(I)cc1. The first kappa shape index (κ1) is 44.7. The summed E-state index contributed by atoms with van der Waals surface area (Å²) >= 11 is 29.6. The molecule has 0 bridgehead atoms. The van der Waals surface area contributed by atoms with Crippen molar-refractivity contribution < 1.29 is 19.1 Å². The minimum atomic E-state index is -0.259. The first-order chi connectivity index (χ1) is 28.9. The van der Waals surface area contributed by atoms with E-state index in [-0.39, 0.29) is 11.8 Å². The first-order valence-electron chi connectivity index (χ1n) is 18.8. The summed E-state index contributed by atoms with van der Waals surface area (Å²) in [5, 5.41) is 15.0. The Hall–Kier alpha value is -3.30. The molecule has 2 N–H and O–H groups in total. The molecule has 2 aliphatic heterocycles. The quantitative estimate of drug-likeness (QED) is 0.145. The molecule has 2 fully saturated rings. The molecule has 4 heterocycles. The second-order valence-corrected chi connectivity index (χ2v) is 17.9. The molecule has 312 valence electrons. The maximum atomic E-state index is 13.0. The fourth-order valence-corrected chi connectivity index (χ4v) is 8.41. The Labute approximate surface area is 394 Å². The van der Waals surface area contributed by atoms with Crippen LogP contribution in [0, 0.1) is 21.0 Å². The van der Waals surface area contributed by atoms with Crippen molar-refractivity contribution in [3.05, 3.63) is 135 Å². The Kier molecular flexibility index (Phi) is 15.1. The molecule has 2 saturated heterocycles. The lowest BCUT2D eigenvalue weighted by atomic mass is 10.1. The van der Waals surface area contributed by atoms with Gasteiger partial charge in [0, 0.05) is 65.6 Å². The van der Waals surface area contributed by atoms with Crippen LogP contribution >= 0.6 is 91.6 Å². The molecule has 4 aromatic carbocycles. The van der Waals surface area contributed by atoms with Gasteiger partial charge in [-0.1, -0.05) is 70.7 Å². The molecular formula is C42H38Cl4I2N8O4. The first-order valence-corrected chi connectivity index (χ1v) is 22.4. The number of hydrazine groups is 2. The van der Waals surface area contributed by atoms with E-state index in [4.69, 9.17) is 55.9 Å². The van der Waals surface area contributed by atoms with Gasteiger partial charge in [-0.15, -0.1) is 0 Å². The highest BCUT2D eigenvalue weighted by atomic mass is 127. The summed E-state index contributed by atoms with van der Waals surface area (Å²) in [6.07, 6.45) is 0. The van der Waals surface area contributed by atoms with Gasteiger partial charge in [-0.05, 0) is 120 Å². The van der Waals surface area contributed by atoms with Crippen molar-refractivity contribution in [1.29, 1.82) is 0 Å². The number of hydrogen-bond acceptors (Lipinski definition) is 8. The molecule has 0 saturated carbocycles. The number of morpholine rings is 2. The van der Waals surface area contributed by atoms with Crippen LogP contribution in [0.2, 0.25) is 20.1 Å². The molecule has 0 atom stereocenters. The number of rotatable bonds is 8. The number of aromatic nitrogens is 4. The molecule has 18 heteroatoms. The van der Waals surface area contributed by atoms with Crippen molar-refractivity contribution >= 4 is 103 Å². The van der Waals surface area contributed by atoms with E-state index < -0.39 is 0 Å². The standard InChI is InChI=1S/2C21H19Cl2IN4O2/c2*1-13-19(21(29)26-27-8-10-30-11-9-27)25-28(18-7-4-15(22)12-17(18)23)20(13)14-2-5-16(24)6-3-14/h2*2-7,12H,8-11H2,1H3,(H,26,29). The molecular weight excluding hydrogens is 1080 g/mol. The zero-order valence-corrected chi connectivity index (χ0v) is 39.7. The molecule has 0 spiro atoms. The van der Waals surface area contributed by atoms with E-state index in [1.165, 1.54) is 0 Å². The Bertz CT molecular complexity index is 2330. The number of hydrogen-bond donors (Lipinski definition) is 2. The van der Waals surface area contributed by atoms with Gasteiger partial charge >= 0.3 is 0 Å². The summed E-state index contributed by atoms with van der Waals surface area (Å²) in [4.78, 5) is 26.1. The van der Waals surface area contributed by atoms with Gasteiger partial charge < -0.3 is 9.47 Å². The van der Waals surface area contributed by atoms with Gasteiger partial charge in [0.05, 0.1) is 59.2 Å². The van der Waals surface area contributed by atoms with E-state index in [1.807, 2.05) is 72.4 Å². The molecule has 0 unspecified atom stereocenters. The molecule has 2 aliphatic rings. The molecule has 2 aromatic heterocycles. The molecule has 12 nitrogen and oxygen atoms in total. The summed E-state index contributed by atoms with van der Waals surface area (Å²) in [7, 11) is 0. The number of halogens is 6. The van der Waals surface area contributed by atoms with Gasteiger partial charge in [0.1, 0.15) is 0 Å². The van der Waals surface area contributed by atoms with Crippen molar-refractivity contribution in [3.63, 3.8) is 0 Å². The van der Waals surface area contributed by atoms with Gasteiger partial charge in [0.2, 0.25) is 0 Å². The number of ether oxygens (including phenoxy) is 2. The van der Waals surface area contributed by atoms with Gasteiger partial charge in [0.25, 0.3) is 11.8 Å². The van der Waals surface area contributed by atoms with Gasteiger partial charge in [0.15, 0.2) is 11.4 Å². The number of nitrogens with one attached hydrogen (secondary N) is 2. The Morgan fingerprint density at radius 2 is 0.917 bits per heavy atom. The van der Waals surface area contributed by atoms with Crippen LogP contribution in [0.1, 0.15) is 32.1 Å². The Balaban J connectivity index is 0.000000181. The summed E-state index contributed by atoms with van der Waals surface area (Å²) in [5.74, 6) is -0.519. The van der Waals surface area contributed by atoms with Crippen molar-refractivity contribution in [1.82, 2.24) is 40.4 Å². The highest BCUT2D eigenvalue weighted by Gasteiger charge is 2.27. The van der Waals surface area contributed by atoms with Crippen molar-refractivity contribution in [3.8, 4) is 33.9 Å². The third kappa shape index (κ3) is 10.5. The Morgan fingerprint density at radius 1 is 0.567 bits per heavy atom. The molecule has 0 radical (unpaired) electrons. The minimum Gasteiger partial charge on any atom is -0.379 e. The zero-order chi connectivity index (χ0) is 42.5. The second-order valence-electron chi connectivity index (χ2n) is 13.8. The van der Waals surface area contributed by atoms with Crippen LogP contribution in [-0.2, 0) is 9.47 Å². The second kappa shape index (κ2) is 20.3. The topological polar surface area (TPSA) is 119 Å². The van der Waals surface area contributed by atoms with Crippen molar-refractivity contribution in [2.75, 3.05) is 52.6 Å². The van der Waals surface area contributed by atoms with Crippen molar-refractivity contribution in [2.45, 2.75) is 13.8 Å². The molecule has 60 heavy (non-hydrogen) atoms.